The zero-order valence-corrected chi connectivity index (χ0v) is 12.9. The summed E-state index contributed by atoms with van der Waals surface area (Å²) in [6.07, 6.45) is 6.62. The number of nitrogens with zero attached hydrogens (tertiary/aromatic N) is 1. The van der Waals surface area contributed by atoms with Crippen LogP contribution in [0.25, 0.3) is 6.08 Å². The molecule has 0 aliphatic carbocycles. The molecule has 0 saturated heterocycles. The zero-order chi connectivity index (χ0) is 16.2. The van der Waals surface area contributed by atoms with Gasteiger partial charge < -0.3 is 9.47 Å². The summed E-state index contributed by atoms with van der Waals surface area (Å²) in [4.78, 5) is 25.4. The Kier molecular flexibility index (Phi) is 4.65. The minimum atomic E-state index is -0.891. The Morgan fingerprint density at radius 2 is 1.91 bits per heavy atom. The molecule has 0 N–H and O–H groups in total. The fourth-order valence-corrected chi connectivity index (χ4v) is 2.03. The number of ether oxygens (including phenoxy) is 2. The molecular weight excluding hydrogens is 282 g/mol. The number of rotatable bonds is 3. The third kappa shape index (κ3) is 3.36. The van der Waals surface area contributed by atoms with Crippen LogP contribution in [0.5, 0.6) is 0 Å². The van der Waals surface area contributed by atoms with E-state index in [0.717, 1.165) is 11.3 Å². The van der Waals surface area contributed by atoms with Crippen LogP contribution in [0.3, 0.4) is 0 Å². The molecule has 0 radical (unpaired) electrons. The smallest absolute Gasteiger partial charge is 0.418 e. The molecule has 0 saturated carbocycles. The summed E-state index contributed by atoms with van der Waals surface area (Å²) in [6.45, 7) is 3.28. The van der Waals surface area contributed by atoms with Crippen molar-refractivity contribution in [2.24, 2.45) is 5.41 Å². The molecule has 0 bridgehead atoms. The van der Waals surface area contributed by atoms with Gasteiger partial charge in [0.1, 0.15) is 6.61 Å². The van der Waals surface area contributed by atoms with Gasteiger partial charge >= 0.3 is 12.1 Å². The maximum Gasteiger partial charge on any atom is 0.418 e. The quantitative estimate of drug-likeness (QED) is 0.803. The molecule has 0 spiro atoms. The lowest BCUT2D eigenvalue weighted by molar-refractivity contribution is -0.152. The standard InChI is InChI=1S/C17H19NO4/c1-17(2,15(19)21-3)12-22-16(20)18-11-7-6-9-13-8-4-5-10-14(13)18/h4-11H,12H2,1-3H3. The summed E-state index contributed by atoms with van der Waals surface area (Å²) in [5, 5.41) is 0. The van der Waals surface area contributed by atoms with E-state index in [2.05, 4.69) is 0 Å². The van der Waals surface area contributed by atoms with E-state index in [1.54, 1.807) is 26.1 Å². The minimum Gasteiger partial charge on any atom is -0.469 e. The van der Waals surface area contributed by atoms with Gasteiger partial charge in [-0.25, -0.2) is 4.79 Å². The number of fused-ring (bicyclic) bond motifs is 1. The summed E-state index contributed by atoms with van der Waals surface area (Å²) in [7, 11) is 1.31. The van der Waals surface area contributed by atoms with E-state index in [0.29, 0.717) is 0 Å². The van der Waals surface area contributed by atoms with E-state index < -0.39 is 17.5 Å². The lowest BCUT2D eigenvalue weighted by Gasteiger charge is -2.24. The molecular formula is C17H19NO4. The monoisotopic (exact) mass is 301 g/mol. The van der Waals surface area contributed by atoms with E-state index >= 15 is 0 Å². The molecule has 2 rings (SSSR count). The highest BCUT2D eigenvalue weighted by atomic mass is 16.6. The van der Waals surface area contributed by atoms with Gasteiger partial charge in [-0.05, 0) is 31.6 Å². The number of benzene rings is 1. The van der Waals surface area contributed by atoms with Gasteiger partial charge in [0, 0.05) is 6.20 Å². The van der Waals surface area contributed by atoms with Crippen molar-refractivity contribution in [1.82, 2.24) is 0 Å². The molecule has 1 aliphatic rings. The lowest BCUT2D eigenvalue weighted by atomic mass is 9.95. The van der Waals surface area contributed by atoms with E-state index in [1.165, 1.54) is 12.0 Å². The van der Waals surface area contributed by atoms with Gasteiger partial charge in [-0.15, -0.1) is 0 Å². The number of para-hydroxylation sites is 1. The molecule has 1 aromatic carbocycles. The fraction of sp³-hybridized carbons (Fsp3) is 0.294. The fourth-order valence-electron chi connectivity index (χ4n) is 2.03. The number of methoxy groups -OCH3 is 1. The van der Waals surface area contributed by atoms with E-state index in [9.17, 15) is 9.59 Å². The van der Waals surface area contributed by atoms with Gasteiger partial charge in [-0.1, -0.05) is 30.4 Å². The predicted molar refractivity (Wildman–Crippen MR) is 84.2 cm³/mol. The Hall–Kier alpha value is -2.56. The first-order valence-corrected chi connectivity index (χ1v) is 6.94. The number of anilines is 1. The van der Waals surface area contributed by atoms with Crippen molar-refractivity contribution in [3.8, 4) is 0 Å². The number of hydrogen-bond acceptors (Lipinski definition) is 4. The largest absolute Gasteiger partial charge is 0.469 e. The van der Waals surface area contributed by atoms with Crippen molar-refractivity contribution < 1.29 is 19.1 Å². The van der Waals surface area contributed by atoms with E-state index in [4.69, 9.17) is 9.47 Å². The van der Waals surface area contributed by atoms with Crippen molar-refractivity contribution >= 4 is 23.8 Å². The normalized spacial score (nSPS) is 13.3. The number of allylic oxidation sites excluding steroid dienone is 2. The molecule has 0 atom stereocenters. The lowest BCUT2D eigenvalue weighted by Crippen LogP contribution is -2.35. The first-order valence-electron chi connectivity index (χ1n) is 6.94. The molecule has 0 aromatic heterocycles. The van der Waals surface area contributed by atoms with Crippen LogP contribution in [0.2, 0.25) is 0 Å². The summed E-state index contributed by atoms with van der Waals surface area (Å²) in [5.74, 6) is -0.422. The topological polar surface area (TPSA) is 55.8 Å². The minimum absolute atomic E-state index is 0.0571. The van der Waals surface area contributed by atoms with Crippen molar-refractivity contribution in [1.29, 1.82) is 0 Å². The van der Waals surface area contributed by atoms with Crippen LogP contribution in [0.4, 0.5) is 10.5 Å². The zero-order valence-electron chi connectivity index (χ0n) is 12.9. The van der Waals surface area contributed by atoms with Gasteiger partial charge in [0.25, 0.3) is 0 Å². The third-order valence-corrected chi connectivity index (χ3v) is 3.31. The first kappa shape index (κ1) is 15.8. The Morgan fingerprint density at radius 3 is 2.64 bits per heavy atom. The maximum atomic E-state index is 12.3. The van der Waals surface area contributed by atoms with Crippen LogP contribution in [0.15, 0.2) is 42.6 Å². The highest BCUT2D eigenvalue weighted by Crippen LogP contribution is 2.26. The summed E-state index contributed by atoms with van der Waals surface area (Å²) in [6, 6.07) is 7.50. The second-order valence-electron chi connectivity index (χ2n) is 5.56. The molecule has 1 amide bonds. The van der Waals surface area contributed by atoms with Gasteiger partial charge in [-0.2, -0.15) is 0 Å². The summed E-state index contributed by atoms with van der Waals surface area (Å²) < 4.78 is 9.99. The van der Waals surface area contributed by atoms with Crippen LogP contribution in [0, 0.1) is 5.41 Å². The first-order chi connectivity index (χ1) is 10.5. The molecule has 116 valence electrons. The van der Waals surface area contributed by atoms with Crippen LogP contribution in [-0.2, 0) is 14.3 Å². The second kappa shape index (κ2) is 6.47. The Bertz CT molecular complexity index is 631. The number of hydrogen-bond donors (Lipinski definition) is 0. The average molecular weight is 301 g/mol. The maximum absolute atomic E-state index is 12.3. The van der Waals surface area contributed by atoms with Crippen LogP contribution < -0.4 is 4.90 Å². The number of amides is 1. The number of esters is 1. The molecule has 0 fully saturated rings. The molecule has 22 heavy (non-hydrogen) atoms. The molecule has 0 unspecified atom stereocenters. The van der Waals surface area contributed by atoms with E-state index in [-0.39, 0.29) is 6.61 Å². The highest BCUT2D eigenvalue weighted by molar-refractivity contribution is 5.93. The molecule has 5 heteroatoms. The average Bonchev–Trinajstić information content (AvgIpc) is 2.74. The van der Waals surface area contributed by atoms with Crippen LogP contribution in [-0.4, -0.2) is 25.8 Å². The van der Waals surface area contributed by atoms with Gasteiger partial charge in [-0.3, -0.25) is 9.69 Å². The second-order valence-corrected chi connectivity index (χ2v) is 5.56. The number of carbonyl (C=O) groups excluding carboxylic acids is 2. The Morgan fingerprint density at radius 1 is 1.18 bits per heavy atom. The highest BCUT2D eigenvalue weighted by Gasteiger charge is 2.31. The van der Waals surface area contributed by atoms with Crippen molar-refractivity contribution in [3.05, 3.63) is 48.2 Å². The van der Waals surface area contributed by atoms with Gasteiger partial charge in [0.05, 0.1) is 18.2 Å². The third-order valence-electron chi connectivity index (χ3n) is 3.31. The SMILES string of the molecule is COC(=O)C(C)(C)COC(=O)N1C=CC=Cc2ccccc21. The van der Waals surface area contributed by atoms with Gasteiger partial charge in [0.15, 0.2) is 0 Å². The predicted octanol–water partition coefficient (Wildman–Crippen LogP) is 3.37. The molecule has 1 aliphatic heterocycles. The molecule has 1 aromatic rings. The molecule has 5 nitrogen and oxygen atoms in total. The van der Waals surface area contributed by atoms with Crippen LogP contribution >= 0.6 is 0 Å². The molecule has 1 heterocycles. The van der Waals surface area contributed by atoms with Crippen molar-refractivity contribution in [2.45, 2.75) is 13.8 Å². The number of carbonyl (C=O) groups is 2. The Labute approximate surface area is 129 Å². The van der Waals surface area contributed by atoms with Gasteiger partial charge in [0.2, 0.25) is 0 Å². The Balaban J connectivity index is 2.13. The summed E-state index contributed by atoms with van der Waals surface area (Å²) >= 11 is 0. The van der Waals surface area contributed by atoms with Crippen LogP contribution in [0.1, 0.15) is 19.4 Å². The summed E-state index contributed by atoms with van der Waals surface area (Å²) in [5.41, 5.74) is 0.752. The van der Waals surface area contributed by atoms with E-state index in [1.807, 2.05) is 36.4 Å². The van der Waals surface area contributed by atoms with Crippen molar-refractivity contribution in [3.63, 3.8) is 0 Å². The van der Waals surface area contributed by atoms with Crippen molar-refractivity contribution in [2.75, 3.05) is 18.6 Å².